The molecule has 2 aromatic rings. The molecule has 0 radical (unpaired) electrons. The van der Waals surface area contributed by atoms with Gasteiger partial charge in [0, 0.05) is 34.5 Å². The molecule has 6 heteroatoms. The first-order valence-corrected chi connectivity index (χ1v) is 9.10. The number of benzene rings is 2. The number of hydrogen-bond donors (Lipinski definition) is 1. The maximum Gasteiger partial charge on any atom is 0.318 e. The van der Waals surface area contributed by atoms with Crippen molar-refractivity contribution in [2.75, 3.05) is 12.3 Å². The number of carbonyl (C=O) groups excluding carboxylic acids is 1. The van der Waals surface area contributed by atoms with Gasteiger partial charge in [-0.25, -0.2) is 4.79 Å². The summed E-state index contributed by atoms with van der Waals surface area (Å²) in [4.78, 5) is 14.3. The second-order valence-electron chi connectivity index (χ2n) is 5.23. The van der Waals surface area contributed by atoms with Gasteiger partial charge in [-0.3, -0.25) is 0 Å². The highest BCUT2D eigenvalue weighted by Crippen LogP contribution is 2.41. The van der Waals surface area contributed by atoms with Crippen LogP contribution in [0.5, 0.6) is 0 Å². The Balaban J connectivity index is 1.69. The second-order valence-corrected chi connectivity index (χ2v) is 7.26. The van der Waals surface area contributed by atoms with Crippen LogP contribution in [0.3, 0.4) is 0 Å². The number of hydrogen-bond acceptors (Lipinski definition) is 2. The number of amides is 2. The van der Waals surface area contributed by atoms with E-state index in [1.54, 1.807) is 17.8 Å². The van der Waals surface area contributed by atoms with Crippen LogP contribution in [0.2, 0.25) is 10.0 Å². The number of nitrogens with zero attached hydrogens (tertiary/aromatic N) is 1. The molecule has 0 bridgehead atoms. The zero-order chi connectivity index (χ0) is 16.2. The summed E-state index contributed by atoms with van der Waals surface area (Å²) in [5.41, 5.74) is 2.00. The van der Waals surface area contributed by atoms with Crippen LogP contribution in [0.1, 0.15) is 16.5 Å². The van der Waals surface area contributed by atoms with Gasteiger partial charge in [-0.2, -0.15) is 0 Å². The molecule has 1 N–H and O–H groups in total. The molecular weight excluding hydrogens is 351 g/mol. The summed E-state index contributed by atoms with van der Waals surface area (Å²) in [6.45, 7) is 1.22. The van der Waals surface area contributed by atoms with Gasteiger partial charge in [-0.15, -0.1) is 11.8 Å². The van der Waals surface area contributed by atoms with Crippen LogP contribution in [0, 0.1) is 0 Å². The highest BCUT2D eigenvalue weighted by molar-refractivity contribution is 7.99. The van der Waals surface area contributed by atoms with Gasteiger partial charge < -0.3 is 10.2 Å². The number of urea groups is 1. The molecule has 0 saturated carbocycles. The number of halogens is 2. The van der Waals surface area contributed by atoms with Crippen LogP contribution in [-0.4, -0.2) is 23.2 Å². The Hall–Kier alpha value is -1.36. The van der Waals surface area contributed by atoms with Crippen LogP contribution in [0.25, 0.3) is 0 Å². The Labute approximate surface area is 150 Å². The number of thioether (sulfide) groups is 1. The standard InChI is InChI=1S/C17H16Cl2N2OS/c18-13-6-7-14(15(19)10-13)16-21(8-9-23-16)17(22)20-11-12-4-2-1-3-5-12/h1-7,10,16H,8-9,11H2,(H,20,22). The van der Waals surface area contributed by atoms with Crippen molar-refractivity contribution in [2.45, 2.75) is 11.9 Å². The van der Waals surface area contributed by atoms with Crippen molar-refractivity contribution in [2.24, 2.45) is 0 Å². The lowest BCUT2D eigenvalue weighted by Gasteiger charge is -2.25. The van der Waals surface area contributed by atoms with Gasteiger partial charge >= 0.3 is 6.03 Å². The molecule has 3 rings (SSSR count). The van der Waals surface area contributed by atoms with Gasteiger partial charge in [0.05, 0.1) is 0 Å². The lowest BCUT2D eigenvalue weighted by molar-refractivity contribution is 0.200. The maximum absolute atomic E-state index is 12.5. The van der Waals surface area contributed by atoms with Crippen LogP contribution in [0.15, 0.2) is 48.5 Å². The molecule has 1 atom stereocenters. The molecule has 0 spiro atoms. The van der Waals surface area contributed by atoms with Gasteiger partial charge in [0.25, 0.3) is 0 Å². The molecule has 1 fully saturated rings. The first-order valence-electron chi connectivity index (χ1n) is 7.30. The van der Waals surface area contributed by atoms with E-state index >= 15 is 0 Å². The van der Waals surface area contributed by atoms with Crippen LogP contribution in [0.4, 0.5) is 4.79 Å². The average Bonchev–Trinajstić information content (AvgIpc) is 3.03. The van der Waals surface area contributed by atoms with E-state index in [1.165, 1.54) is 0 Å². The van der Waals surface area contributed by atoms with Crippen molar-refractivity contribution in [1.82, 2.24) is 10.2 Å². The lowest BCUT2D eigenvalue weighted by Crippen LogP contribution is -2.39. The van der Waals surface area contributed by atoms with E-state index in [0.717, 1.165) is 16.9 Å². The Kier molecular flexibility index (Phi) is 5.36. The monoisotopic (exact) mass is 366 g/mol. The minimum Gasteiger partial charge on any atom is -0.334 e. The van der Waals surface area contributed by atoms with Gasteiger partial charge in [0.1, 0.15) is 5.37 Å². The van der Waals surface area contributed by atoms with E-state index in [9.17, 15) is 4.79 Å². The topological polar surface area (TPSA) is 32.3 Å². The zero-order valence-corrected chi connectivity index (χ0v) is 14.7. The average molecular weight is 367 g/mol. The summed E-state index contributed by atoms with van der Waals surface area (Å²) >= 11 is 14.0. The van der Waals surface area contributed by atoms with Crippen molar-refractivity contribution >= 4 is 41.0 Å². The lowest BCUT2D eigenvalue weighted by atomic mass is 10.2. The molecule has 1 aliphatic heterocycles. The third-order valence-electron chi connectivity index (χ3n) is 3.67. The van der Waals surface area contributed by atoms with Crippen LogP contribution in [-0.2, 0) is 6.54 Å². The summed E-state index contributed by atoms with van der Waals surface area (Å²) in [5, 5.41) is 4.10. The van der Waals surface area contributed by atoms with Crippen LogP contribution < -0.4 is 5.32 Å². The highest BCUT2D eigenvalue weighted by atomic mass is 35.5. The number of nitrogens with one attached hydrogen (secondary N) is 1. The summed E-state index contributed by atoms with van der Waals surface area (Å²) in [7, 11) is 0. The maximum atomic E-state index is 12.5. The van der Waals surface area contributed by atoms with Crippen LogP contribution >= 0.6 is 35.0 Å². The third kappa shape index (κ3) is 3.94. The summed E-state index contributed by atoms with van der Waals surface area (Å²) in [6.07, 6.45) is 0. The van der Waals surface area contributed by atoms with Crippen molar-refractivity contribution in [1.29, 1.82) is 0 Å². The van der Waals surface area contributed by atoms with E-state index < -0.39 is 0 Å². The Morgan fingerprint density at radius 1 is 1.22 bits per heavy atom. The molecule has 3 nitrogen and oxygen atoms in total. The molecule has 1 saturated heterocycles. The summed E-state index contributed by atoms with van der Waals surface area (Å²) in [6, 6.07) is 15.2. The van der Waals surface area contributed by atoms with E-state index in [-0.39, 0.29) is 11.4 Å². The number of rotatable bonds is 3. The summed E-state index contributed by atoms with van der Waals surface area (Å²) < 4.78 is 0. The smallest absolute Gasteiger partial charge is 0.318 e. The highest BCUT2D eigenvalue weighted by Gasteiger charge is 2.31. The molecule has 1 heterocycles. The predicted molar refractivity (Wildman–Crippen MR) is 97.0 cm³/mol. The van der Waals surface area contributed by atoms with Gasteiger partial charge in [-0.1, -0.05) is 59.6 Å². The molecular formula is C17H16Cl2N2OS. The minimum atomic E-state index is -0.0742. The van der Waals surface area contributed by atoms with E-state index in [2.05, 4.69) is 5.32 Å². The van der Waals surface area contributed by atoms with E-state index in [0.29, 0.717) is 23.1 Å². The molecule has 2 amide bonds. The van der Waals surface area contributed by atoms with Crippen molar-refractivity contribution in [3.05, 3.63) is 69.7 Å². The van der Waals surface area contributed by atoms with E-state index in [4.69, 9.17) is 23.2 Å². The molecule has 23 heavy (non-hydrogen) atoms. The largest absolute Gasteiger partial charge is 0.334 e. The fourth-order valence-electron chi connectivity index (χ4n) is 2.51. The predicted octanol–water partition coefficient (Wildman–Crippen LogP) is 4.95. The second kappa shape index (κ2) is 7.47. The molecule has 0 aliphatic carbocycles. The fraction of sp³-hybridized carbons (Fsp3) is 0.235. The first kappa shape index (κ1) is 16.5. The quantitative estimate of drug-likeness (QED) is 0.833. The summed E-state index contributed by atoms with van der Waals surface area (Å²) in [5.74, 6) is 0.891. The molecule has 0 aromatic heterocycles. The Morgan fingerprint density at radius 3 is 2.74 bits per heavy atom. The number of carbonyl (C=O) groups is 1. The van der Waals surface area contributed by atoms with Crippen molar-refractivity contribution in [3.8, 4) is 0 Å². The Morgan fingerprint density at radius 2 is 2.00 bits per heavy atom. The van der Waals surface area contributed by atoms with Gasteiger partial charge in [-0.05, 0) is 17.7 Å². The third-order valence-corrected chi connectivity index (χ3v) is 5.47. The molecule has 2 aromatic carbocycles. The molecule has 1 aliphatic rings. The Bertz CT molecular complexity index is 696. The SMILES string of the molecule is O=C(NCc1ccccc1)N1CCSC1c1ccc(Cl)cc1Cl. The van der Waals surface area contributed by atoms with Gasteiger partial charge in [0.15, 0.2) is 0 Å². The normalized spacial score (nSPS) is 17.3. The van der Waals surface area contributed by atoms with Crippen molar-refractivity contribution < 1.29 is 4.79 Å². The zero-order valence-electron chi connectivity index (χ0n) is 12.3. The molecule has 1 unspecified atom stereocenters. The fourth-order valence-corrected chi connectivity index (χ4v) is 4.38. The first-order chi connectivity index (χ1) is 11.1. The van der Waals surface area contributed by atoms with E-state index in [1.807, 2.05) is 47.4 Å². The minimum absolute atomic E-state index is 0.0736. The molecule has 120 valence electrons. The van der Waals surface area contributed by atoms with Crippen molar-refractivity contribution in [3.63, 3.8) is 0 Å². The van der Waals surface area contributed by atoms with Gasteiger partial charge in [0.2, 0.25) is 0 Å².